The van der Waals surface area contributed by atoms with Crippen molar-refractivity contribution in [3.05, 3.63) is 35.9 Å². The maximum atomic E-state index is 10.3. The van der Waals surface area contributed by atoms with Crippen LogP contribution in [0.4, 0.5) is 0 Å². The van der Waals surface area contributed by atoms with Gasteiger partial charge in [-0.15, -0.1) is 0 Å². The van der Waals surface area contributed by atoms with E-state index in [9.17, 15) is 4.79 Å². The molecule has 14 heavy (non-hydrogen) atoms. The van der Waals surface area contributed by atoms with Crippen molar-refractivity contribution < 1.29 is 9.90 Å². The van der Waals surface area contributed by atoms with Crippen LogP contribution in [0.25, 0.3) is 0 Å². The molecule has 1 aromatic rings. The van der Waals surface area contributed by atoms with Crippen molar-refractivity contribution in [1.82, 2.24) is 0 Å². The minimum Gasteiger partial charge on any atom is -0.481 e. The van der Waals surface area contributed by atoms with E-state index in [1.807, 2.05) is 30.3 Å². The van der Waals surface area contributed by atoms with Gasteiger partial charge in [0.15, 0.2) is 0 Å². The molecule has 1 aromatic carbocycles. The third-order valence-electron chi connectivity index (χ3n) is 1.78. The molecule has 0 fully saturated rings. The molecule has 0 aliphatic rings. The van der Waals surface area contributed by atoms with Gasteiger partial charge in [0.05, 0.1) is 6.42 Å². The zero-order chi connectivity index (χ0) is 9.68. The molecule has 78 valence electrons. The number of carboxylic acids is 1. The second kappa shape index (κ2) is 6.45. The normalized spacial score (nSPS) is 11.5. The van der Waals surface area contributed by atoms with E-state index in [1.165, 1.54) is 0 Å². The number of hydrogen-bond acceptors (Lipinski definition) is 2. The monoisotopic (exact) mass is 213 g/mol. The second-order valence-electron chi connectivity index (χ2n) is 3.05. The maximum absolute atomic E-state index is 10.3. The third kappa shape index (κ3) is 4.89. The van der Waals surface area contributed by atoms with Gasteiger partial charge in [0.25, 0.3) is 0 Å². The van der Waals surface area contributed by atoms with Crippen LogP contribution < -0.4 is 5.73 Å². The van der Waals surface area contributed by atoms with Crippen LogP contribution in [-0.4, -0.2) is 17.1 Å². The SMILES string of the molecule is N[C@H](CC(=O)O)Cc1ccccc1.S. The fraction of sp³-hybridized carbons (Fsp3) is 0.300. The lowest BCUT2D eigenvalue weighted by atomic mass is 10.0. The Morgan fingerprint density at radius 1 is 1.36 bits per heavy atom. The number of nitrogens with two attached hydrogens (primary N) is 1. The summed E-state index contributed by atoms with van der Waals surface area (Å²) in [7, 11) is 0. The molecule has 3 nitrogen and oxygen atoms in total. The highest BCUT2D eigenvalue weighted by Crippen LogP contribution is 2.03. The van der Waals surface area contributed by atoms with Crippen LogP contribution in [0.5, 0.6) is 0 Å². The molecule has 0 amide bonds. The lowest BCUT2D eigenvalue weighted by Crippen LogP contribution is -2.25. The number of benzene rings is 1. The van der Waals surface area contributed by atoms with Crippen LogP contribution in [0, 0.1) is 0 Å². The van der Waals surface area contributed by atoms with Crippen LogP contribution >= 0.6 is 13.5 Å². The third-order valence-corrected chi connectivity index (χ3v) is 1.78. The summed E-state index contributed by atoms with van der Waals surface area (Å²) < 4.78 is 0. The van der Waals surface area contributed by atoms with Gasteiger partial charge in [-0.3, -0.25) is 4.79 Å². The van der Waals surface area contributed by atoms with Crippen molar-refractivity contribution in [3.8, 4) is 0 Å². The van der Waals surface area contributed by atoms with Crippen molar-refractivity contribution in [2.75, 3.05) is 0 Å². The van der Waals surface area contributed by atoms with Gasteiger partial charge < -0.3 is 10.8 Å². The van der Waals surface area contributed by atoms with Gasteiger partial charge >= 0.3 is 5.97 Å². The predicted molar refractivity (Wildman–Crippen MR) is 60.8 cm³/mol. The van der Waals surface area contributed by atoms with Crippen LogP contribution in [0.2, 0.25) is 0 Å². The Morgan fingerprint density at radius 2 is 1.93 bits per heavy atom. The zero-order valence-corrected chi connectivity index (χ0v) is 8.81. The Kier molecular flexibility index (Phi) is 5.99. The quantitative estimate of drug-likeness (QED) is 0.788. The van der Waals surface area contributed by atoms with E-state index in [2.05, 4.69) is 0 Å². The van der Waals surface area contributed by atoms with Gasteiger partial charge in [-0.2, -0.15) is 13.5 Å². The summed E-state index contributed by atoms with van der Waals surface area (Å²) in [6.45, 7) is 0. The molecule has 0 saturated heterocycles. The van der Waals surface area contributed by atoms with Gasteiger partial charge in [-0.05, 0) is 12.0 Å². The molecule has 0 aliphatic carbocycles. The van der Waals surface area contributed by atoms with E-state index < -0.39 is 5.97 Å². The number of hydrogen-bond donors (Lipinski definition) is 2. The summed E-state index contributed by atoms with van der Waals surface area (Å²) in [5.41, 5.74) is 6.71. The maximum Gasteiger partial charge on any atom is 0.304 e. The molecule has 4 heteroatoms. The Hall–Kier alpha value is -1.00. The molecule has 0 bridgehead atoms. The Balaban J connectivity index is 0.00000169. The van der Waals surface area contributed by atoms with Crippen LogP contribution in [0.15, 0.2) is 30.3 Å². The molecule has 1 rings (SSSR count). The van der Waals surface area contributed by atoms with Crippen molar-refractivity contribution in [1.29, 1.82) is 0 Å². The second-order valence-corrected chi connectivity index (χ2v) is 3.05. The number of carboxylic acid groups (broad SMARTS) is 1. The van der Waals surface area contributed by atoms with Crippen LogP contribution in [0.3, 0.4) is 0 Å². The van der Waals surface area contributed by atoms with Gasteiger partial charge in [-0.1, -0.05) is 30.3 Å². The molecule has 3 N–H and O–H groups in total. The van der Waals surface area contributed by atoms with Crippen molar-refractivity contribution >= 4 is 19.5 Å². The number of carbonyl (C=O) groups is 1. The molecular weight excluding hydrogens is 198 g/mol. The number of rotatable bonds is 4. The average Bonchev–Trinajstić information content (AvgIpc) is 2.04. The molecule has 0 heterocycles. The first-order valence-corrected chi connectivity index (χ1v) is 4.20. The van der Waals surface area contributed by atoms with Crippen LogP contribution in [-0.2, 0) is 11.2 Å². The van der Waals surface area contributed by atoms with E-state index in [4.69, 9.17) is 10.8 Å². The summed E-state index contributed by atoms with van der Waals surface area (Å²) in [5, 5.41) is 8.48. The van der Waals surface area contributed by atoms with E-state index >= 15 is 0 Å². The molecule has 0 aromatic heterocycles. The average molecular weight is 213 g/mol. The topological polar surface area (TPSA) is 63.3 Å². The van der Waals surface area contributed by atoms with Gasteiger partial charge in [0, 0.05) is 6.04 Å². The fourth-order valence-electron chi connectivity index (χ4n) is 1.21. The summed E-state index contributed by atoms with van der Waals surface area (Å²) in [5.74, 6) is -0.844. The molecule has 0 radical (unpaired) electrons. The van der Waals surface area contributed by atoms with Crippen LogP contribution in [0.1, 0.15) is 12.0 Å². The van der Waals surface area contributed by atoms with E-state index in [1.54, 1.807) is 0 Å². The lowest BCUT2D eigenvalue weighted by molar-refractivity contribution is -0.137. The highest BCUT2D eigenvalue weighted by atomic mass is 32.1. The first-order valence-electron chi connectivity index (χ1n) is 4.20. The molecular formula is C10H15NO2S. The highest BCUT2D eigenvalue weighted by Gasteiger charge is 2.07. The number of aliphatic carboxylic acids is 1. The Labute approximate surface area is 90.4 Å². The fourth-order valence-corrected chi connectivity index (χ4v) is 1.21. The van der Waals surface area contributed by atoms with E-state index in [0.29, 0.717) is 6.42 Å². The first-order chi connectivity index (χ1) is 6.18. The smallest absolute Gasteiger partial charge is 0.304 e. The summed E-state index contributed by atoms with van der Waals surface area (Å²) in [6.07, 6.45) is 0.641. The van der Waals surface area contributed by atoms with Crippen molar-refractivity contribution in [3.63, 3.8) is 0 Å². The van der Waals surface area contributed by atoms with E-state index in [0.717, 1.165) is 5.56 Å². The Bertz CT molecular complexity index is 277. The summed E-state index contributed by atoms with van der Waals surface area (Å²) >= 11 is 0. The van der Waals surface area contributed by atoms with Gasteiger partial charge in [0.1, 0.15) is 0 Å². The summed E-state index contributed by atoms with van der Waals surface area (Å²) in [4.78, 5) is 10.3. The largest absolute Gasteiger partial charge is 0.481 e. The summed E-state index contributed by atoms with van der Waals surface area (Å²) in [6, 6.07) is 9.36. The van der Waals surface area contributed by atoms with Crippen molar-refractivity contribution in [2.45, 2.75) is 18.9 Å². The highest BCUT2D eigenvalue weighted by molar-refractivity contribution is 7.59. The standard InChI is InChI=1S/C10H13NO2.H2S/c11-9(7-10(12)13)6-8-4-2-1-3-5-8;/h1-5,9H,6-7,11H2,(H,12,13);1H2/t9-;/m0./s1. The van der Waals surface area contributed by atoms with E-state index in [-0.39, 0.29) is 26.0 Å². The van der Waals surface area contributed by atoms with Gasteiger partial charge in [0.2, 0.25) is 0 Å². The molecule has 0 spiro atoms. The zero-order valence-electron chi connectivity index (χ0n) is 7.81. The predicted octanol–water partition coefficient (Wildman–Crippen LogP) is 1.14. The van der Waals surface area contributed by atoms with Crippen molar-refractivity contribution in [2.24, 2.45) is 5.73 Å². The molecule has 1 atom stereocenters. The lowest BCUT2D eigenvalue weighted by Gasteiger charge is -2.07. The first kappa shape index (κ1) is 13.0. The molecule has 0 aliphatic heterocycles. The molecule has 0 unspecified atom stereocenters. The minimum absolute atomic E-state index is 0. The Morgan fingerprint density at radius 3 is 2.43 bits per heavy atom. The van der Waals surface area contributed by atoms with Gasteiger partial charge in [-0.25, -0.2) is 0 Å². The minimum atomic E-state index is -0.844. The molecule has 0 saturated carbocycles.